The molecule has 3 aromatic rings. The summed E-state index contributed by atoms with van der Waals surface area (Å²) in [5.74, 6) is 1.52. The summed E-state index contributed by atoms with van der Waals surface area (Å²) in [5, 5.41) is 3.96. The van der Waals surface area contributed by atoms with E-state index in [-0.39, 0.29) is 11.9 Å². The molecule has 1 amide bonds. The lowest BCUT2D eigenvalue weighted by atomic mass is 10.1. The molecule has 0 bridgehead atoms. The van der Waals surface area contributed by atoms with Crippen molar-refractivity contribution in [1.82, 2.24) is 19.9 Å². The Morgan fingerprint density at radius 1 is 1.23 bits per heavy atom. The standard InChI is InChI=1S/C20H21N5O/c1-13-23-17(12-19(21-2)24-13)18-9-5-11-25(18)20(26)15-6-3-8-16-14(15)7-4-10-22-16/h3-4,6-8,10,12,18H,5,9,11H2,1-2H3,(H,21,23,24)/t18-/m1/s1. The molecule has 1 aliphatic heterocycles. The minimum Gasteiger partial charge on any atom is -0.373 e. The van der Waals surface area contributed by atoms with E-state index in [4.69, 9.17) is 0 Å². The van der Waals surface area contributed by atoms with E-state index in [1.807, 2.05) is 55.3 Å². The maximum absolute atomic E-state index is 13.3. The highest BCUT2D eigenvalue weighted by Gasteiger charge is 2.32. The summed E-state index contributed by atoms with van der Waals surface area (Å²) in [7, 11) is 1.84. The monoisotopic (exact) mass is 347 g/mol. The fourth-order valence-electron chi connectivity index (χ4n) is 3.65. The Balaban J connectivity index is 1.72. The van der Waals surface area contributed by atoms with Crippen molar-refractivity contribution >= 4 is 22.6 Å². The number of carbonyl (C=O) groups is 1. The quantitative estimate of drug-likeness (QED) is 0.787. The summed E-state index contributed by atoms with van der Waals surface area (Å²) in [4.78, 5) is 28.6. The molecule has 6 nitrogen and oxygen atoms in total. The zero-order valence-electron chi connectivity index (χ0n) is 14.9. The number of hydrogen-bond donors (Lipinski definition) is 1. The van der Waals surface area contributed by atoms with E-state index < -0.39 is 0 Å². The average Bonchev–Trinajstić information content (AvgIpc) is 3.16. The van der Waals surface area contributed by atoms with Crippen LogP contribution in [0.2, 0.25) is 0 Å². The molecular weight excluding hydrogens is 326 g/mol. The largest absolute Gasteiger partial charge is 0.373 e. The average molecular weight is 347 g/mol. The smallest absolute Gasteiger partial charge is 0.255 e. The van der Waals surface area contributed by atoms with Crippen molar-refractivity contribution in [2.75, 3.05) is 18.9 Å². The lowest BCUT2D eigenvalue weighted by Crippen LogP contribution is -2.31. The van der Waals surface area contributed by atoms with E-state index in [2.05, 4.69) is 20.3 Å². The van der Waals surface area contributed by atoms with Gasteiger partial charge in [-0.1, -0.05) is 12.1 Å². The van der Waals surface area contributed by atoms with Crippen molar-refractivity contribution in [2.24, 2.45) is 0 Å². The van der Waals surface area contributed by atoms with Crippen molar-refractivity contribution in [3.8, 4) is 0 Å². The number of nitrogens with zero attached hydrogens (tertiary/aromatic N) is 4. The van der Waals surface area contributed by atoms with Crippen LogP contribution in [0.1, 0.15) is 40.8 Å². The third-order valence-corrected chi connectivity index (χ3v) is 4.85. The molecule has 6 heteroatoms. The predicted octanol–water partition coefficient (Wildman–Crippen LogP) is 3.35. The van der Waals surface area contributed by atoms with E-state index in [0.29, 0.717) is 11.4 Å². The van der Waals surface area contributed by atoms with Crippen molar-refractivity contribution in [3.63, 3.8) is 0 Å². The van der Waals surface area contributed by atoms with Crippen molar-refractivity contribution < 1.29 is 4.79 Å². The van der Waals surface area contributed by atoms with Gasteiger partial charge >= 0.3 is 0 Å². The van der Waals surface area contributed by atoms with Gasteiger partial charge < -0.3 is 10.2 Å². The number of fused-ring (bicyclic) bond motifs is 1. The van der Waals surface area contributed by atoms with Crippen LogP contribution in [0.5, 0.6) is 0 Å². The van der Waals surface area contributed by atoms with E-state index in [1.54, 1.807) is 6.20 Å². The predicted molar refractivity (Wildman–Crippen MR) is 101 cm³/mol. The number of pyridine rings is 1. The molecule has 0 aliphatic carbocycles. The van der Waals surface area contributed by atoms with Crippen molar-refractivity contribution in [1.29, 1.82) is 0 Å². The Labute approximate surface area is 152 Å². The highest BCUT2D eigenvalue weighted by atomic mass is 16.2. The summed E-state index contributed by atoms with van der Waals surface area (Å²) in [6.07, 6.45) is 3.63. The number of nitrogens with one attached hydrogen (secondary N) is 1. The maximum Gasteiger partial charge on any atom is 0.255 e. The third-order valence-electron chi connectivity index (χ3n) is 4.85. The number of likely N-dealkylation sites (tertiary alicyclic amines) is 1. The van der Waals surface area contributed by atoms with Crippen LogP contribution in [0.15, 0.2) is 42.6 Å². The van der Waals surface area contributed by atoms with Crippen molar-refractivity contribution in [2.45, 2.75) is 25.8 Å². The summed E-state index contributed by atoms with van der Waals surface area (Å²) in [5.41, 5.74) is 2.43. The number of benzene rings is 1. The van der Waals surface area contributed by atoms with Crippen LogP contribution in [-0.2, 0) is 0 Å². The van der Waals surface area contributed by atoms with Gasteiger partial charge in [-0.15, -0.1) is 0 Å². The van der Waals surface area contributed by atoms with Gasteiger partial charge in [0.05, 0.1) is 17.3 Å². The molecule has 2 aromatic heterocycles. The van der Waals surface area contributed by atoms with Crippen LogP contribution in [0.25, 0.3) is 10.9 Å². The first kappa shape index (κ1) is 16.4. The Kier molecular flexibility index (Phi) is 4.24. The molecule has 1 N–H and O–H groups in total. The number of aromatic nitrogens is 3. The van der Waals surface area contributed by atoms with Gasteiger partial charge in [0.1, 0.15) is 11.6 Å². The van der Waals surface area contributed by atoms with Gasteiger partial charge in [-0.3, -0.25) is 9.78 Å². The highest BCUT2D eigenvalue weighted by Crippen LogP contribution is 2.34. The molecule has 3 heterocycles. The lowest BCUT2D eigenvalue weighted by Gasteiger charge is -2.25. The van der Waals surface area contributed by atoms with E-state index in [0.717, 1.165) is 41.8 Å². The number of anilines is 1. The first-order chi connectivity index (χ1) is 12.7. The highest BCUT2D eigenvalue weighted by molar-refractivity contribution is 6.06. The molecule has 1 saturated heterocycles. The molecular formula is C20H21N5O. The minimum absolute atomic E-state index is 0.0248. The van der Waals surface area contributed by atoms with Gasteiger partial charge in [-0.2, -0.15) is 0 Å². The van der Waals surface area contributed by atoms with Crippen LogP contribution in [0, 0.1) is 6.92 Å². The van der Waals surface area contributed by atoms with Gasteiger partial charge in [0.25, 0.3) is 5.91 Å². The van der Waals surface area contributed by atoms with Gasteiger partial charge in [0.2, 0.25) is 0 Å². The van der Waals surface area contributed by atoms with Crippen LogP contribution >= 0.6 is 0 Å². The molecule has 132 valence electrons. The Morgan fingerprint density at radius 3 is 2.96 bits per heavy atom. The molecule has 0 spiro atoms. The maximum atomic E-state index is 13.3. The fourth-order valence-corrected chi connectivity index (χ4v) is 3.65. The van der Waals surface area contributed by atoms with E-state index in [9.17, 15) is 4.79 Å². The number of amides is 1. The first-order valence-electron chi connectivity index (χ1n) is 8.85. The summed E-state index contributed by atoms with van der Waals surface area (Å²) in [6.45, 7) is 2.61. The van der Waals surface area contributed by atoms with Crippen LogP contribution in [0.4, 0.5) is 5.82 Å². The SMILES string of the molecule is CNc1cc([C@H]2CCCN2C(=O)c2cccc3ncccc23)nc(C)n1. The molecule has 1 aliphatic rings. The second-order valence-corrected chi connectivity index (χ2v) is 6.51. The number of hydrogen-bond acceptors (Lipinski definition) is 5. The normalized spacial score (nSPS) is 16.8. The molecule has 26 heavy (non-hydrogen) atoms. The summed E-state index contributed by atoms with van der Waals surface area (Å²) >= 11 is 0. The Hall–Kier alpha value is -3.02. The Bertz CT molecular complexity index is 966. The zero-order chi connectivity index (χ0) is 18.1. The first-order valence-corrected chi connectivity index (χ1v) is 8.85. The molecule has 1 atom stereocenters. The molecule has 0 radical (unpaired) electrons. The van der Waals surface area contributed by atoms with Gasteiger partial charge in [-0.05, 0) is 38.0 Å². The van der Waals surface area contributed by atoms with Crippen LogP contribution in [0.3, 0.4) is 0 Å². The van der Waals surface area contributed by atoms with Crippen LogP contribution < -0.4 is 5.32 Å². The lowest BCUT2D eigenvalue weighted by molar-refractivity contribution is 0.0734. The number of rotatable bonds is 3. The Morgan fingerprint density at radius 2 is 2.12 bits per heavy atom. The molecule has 1 fully saturated rings. The minimum atomic E-state index is -0.0248. The number of aryl methyl sites for hydroxylation is 1. The topological polar surface area (TPSA) is 71.0 Å². The molecule has 1 aromatic carbocycles. The van der Waals surface area contributed by atoms with Gasteiger partial charge in [-0.25, -0.2) is 9.97 Å². The van der Waals surface area contributed by atoms with Crippen molar-refractivity contribution in [3.05, 3.63) is 59.7 Å². The van der Waals surface area contributed by atoms with E-state index >= 15 is 0 Å². The molecule has 4 rings (SSSR count). The fraction of sp³-hybridized carbons (Fsp3) is 0.300. The van der Waals surface area contributed by atoms with Crippen LogP contribution in [-0.4, -0.2) is 39.4 Å². The van der Waals surface area contributed by atoms with Gasteiger partial charge in [0.15, 0.2) is 0 Å². The zero-order valence-corrected chi connectivity index (χ0v) is 14.9. The number of carbonyl (C=O) groups excluding carboxylic acids is 1. The third kappa shape index (κ3) is 2.87. The summed E-state index contributed by atoms with van der Waals surface area (Å²) < 4.78 is 0. The summed E-state index contributed by atoms with van der Waals surface area (Å²) in [6, 6.07) is 11.4. The molecule has 0 unspecified atom stereocenters. The molecule has 0 saturated carbocycles. The van der Waals surface area contributed by atoms with Gasteiger partial charge in [0, 0.05) is 36.8 Å². The van der Waals surface area contributed by atoms with E-state index in [1.165, 1.54) is 0 Å². The second kappa shape index (κ2) is 6.71. The second-order valence-electron chi connectivity index (χ2n) is 6.51.